The van der Waals surface area contributed by atoms with Crippen LogP contribution in [0.25, 0.3) is 27.8 Å². The van der Waals surface area contributed by atoms with Crippen LogP contribution in [0.2, 0.25) is 0 Å². The lowest BCUT2D eigenvalue weighted by Crippen LogP contribution is -2.09. The largest absolute Gasteiger partial charge is 0.495 e. The van der Waals surface area contributed by atoms with Crippen LogP contribution in [0.3, 0.4) is 0 Å². The summed E-state index contributed by atoms with van der Waals surface area (Å²) in [6.45, 7) is 0. The molecule has 1 aliphatic rings. The molecule has 0 bridgehead atoms. The lowest BCUT2D eigenvalue weighted by Gasteiger charge is -2.20. The zero-order valence-electron chi connectivity index (χ0n) is 15.7. The monoisotopic (exact) mass is 439 g/mol. The topological polar surface area (TPSA) is 81.2 Å². The molecule has 0 atom stereocenters. The van der Waals surface area contributed by atoms with E-state index in [1.54, 1.807) is 13.3 Å². The summed E-state index contributed by atoms with van der Waals surface area (Å²) in [6, 6.07) is 6.04. The summed E-state index contributed by atoms with van der Waals surface area (Å²) in [5.74, 6) is 2.84. The summed E-state index contributed by atoms with van der Waals surface area (Å²) in [6.07, 6.45) is 9.90. The molecule has 1 fully saturated rings. The highest BCUT2D eigenvalue weighted by Crippen LogP contribution is 2.39. The van der Waals surface area contributed by atoms with Crippen LogP contribution < -0.4 is 10.5 Å². The van der Waals surface area contributed by atoms with Gasteiger partial charge in [0.05, 0.1) is 18.3 Å². The maximum Gasteiger partial charge on any atom is 0.150 e. The second-order valence-electron chi connectivity index (χ2n) is 7.41. The number of imidazole rings is 1. The number of anilines is 1. The van der Waals surface area contributed by atoms with E-state index >= 15 is 0 Å². The third-order valence-corrected chi connectivity index (χ3v) is 6.45. The molecule has 4 aromatic rings. The zero-order valence-corrected chi connectivity index (χ0v) is 17.3. The standard InChI is InChI=1S/C21H22BrN5O/c1-28-16-8-7-14(22)13-11-15(25-17(13)16)18-19-20(23)24-9-10-27(19)21(26-18)12-5-3-2-4-6-12/h7-12,25H,2-6H2,1H3,(H2,23,24). The number of aromatic amines is 1. The van der Waals surface area contributed by atoms with Crippen LogP contribution in [-0.2, 0) is 0 Å². The van der Waals surface area contributed by atoms with Crippen molar-refractivity contribution in [3.63, 3.8) is 0 Å². The predicted molar refractivity (Wildman–Crippen MR) is 115 cm³/mol. The molecule has 0 radical (unpaired) electrons. The van der Waals surface area contributed by atoms with Crippen LogP contribution in [0, 0.1) is 0 Å². The normalized spacial score (nSPS) is 15.5. The number of nitrogens with zero attached hydrogens (tertiary/aromatic N) is 3. The van der Waals surface area contributed by atoms with Crippen molar-refractivity contribution in [1.82, 2.24) is 19.4 Å². The molecule has 7 heteroatoms. The Morgan fingerprint density at radius 1 is 1.25 bits per heavy atom. The van der Waals surface area contributed by atoms with Crippen molar-refractivity contribution >= 4 is 38.2 Å². The van der Waals surface area contributed by atoms with Crippen molar-refractivity contribution in [1.29, 1.82) is 0 Å². The molecule has 0 saturated heterocycles. The van der Waals surface area contributed by atoms with E-state index in [2.05, 4.69) is 36.4 Å². The summed E-state index contributed by atoms with van der Waals surface area (Å²) < 4.78 is 8.67. The van der Waals surface area contributed by atoms with Gasteiger partial charge in [-0.15, -0.1) is 0 Å². The van der Waals surface area contributed by atoms with Gasteiger partial charge in [0.2, 0.25) is 0 Å². The zero-order chi connectivity index (χ0) is 19.3. The minimum absolute atomic E-state index is 0.461. The van der Waals surface area contributed by atoms with Crippen LogP contribution in [-0.4, -0.2) is 26.5 Å². The Morgan fingerprint density at radius 2 is 2.07 bits per heavy atom. The molecule has 1 saturated carbocycles. The summed E-state index contributed by atoms with van der Waals surface area (Å²) in [5.41, 5.74) is 9.86. The molecule has 3 N–H and O–H groups in total. The second-order valence-corrected chi connectivity index (χ2v) is 8.26. The second kappa shape index (κ2) is 6.81. The van der Waals surface area contributed by atoms with Crippen molar-refractivity contribution in [2.45, 2.75) is 38.0 Å². The van der Waals surface area contributed by atoms with E-state index < -0.39 is 0 Å². The minimum Gasteiger partial charge on any atom is -0.495 e. The molecule has 0 spiro atoms. The quantitative estimate of drug-likeness (QED) is 0.454. The molecule has 3 aromatic heterocycles. The van der Waals surface area contributed by atoms with Crippen molar-refractivity contribution in [3.05, 3.63) is 40.9 Å². The maximum atomic E-state index is 6.30. The highest BCUT2D eigenvalue weighted by atomic mass is 79.9. The first-order chi connectivity index (χ1) is 13.7. The SMILES string of the molecule is COc1ccc(Br)c2cc(-c3nc(C4CCCCC4)n4ccnc(N)c34)[nH]c12. The number of nitrogen functional groups attached to an aromatic ring is 1. The van der Waals surface area contributed by atoms with Gasteiger partial charge in [0.25, 0.3) is 0 Å². The van der Waals surface area contributed by atoms with Gasteiger partial charge in [0, 0.05) is 28.2 Å². The van der Waals surface area contributed by atoms with Gasteiger partial charge in [-0.1, -0.05) is 35.2 Å². The Labute approximate surface area is 171 Å². The lowest BCUT2D eigenvalue weighted by molar-refractivity contribution is 0.419. The van der Waals surface area contributed by atoms with Gasteiger partial charge in [0.15, 0.2) is 0 Å². The fourth-order valence-corrected chi connectivity index (χ4v) is 4.83. The molecular formula is C21H22BrN5O. The number of halogens is 1. The first kappa shape index (κ1) is 17.6. The number of ether oxygens (including phenoxy) is 1. The van der Waals surface area contributed by atoms with Crippen LogP contribution in [0.15, 0.2) is 35.1 Å². The Kier molecular flexibility index (Phi) is 4.27. The molecule has 6 nitrogen and oxygen atoms in total. The summed E-state index contributed by atoms with van der Waals surface area (Å²) in [4.78, 5) is 12.9. The average molecular weight is 440 g/mol. The Hall–Kier alpha value is -2.54. The number of hydrogen-bond donors (Lipinski definition) is 2. The van der Waals surface area contributed by atoms with E-state index in [9.17, 15) is 0 Å². The van der Waals surface area contributed by atoms with Crippen molar-refractivity contribution in [3.8, 4) is 17.1 Å². The molecule has 0 aliphatic heterocycles. The third kappa shape index (κ3) is 2.68. The number of rotatable bonds is 3. The van der Waals surface area contributed by atoms with Crippen LogP contribution in [0.4, 0.5) is 5.82 Å². The fraction of sp³-hybridized carbons (Fsp3) is 0.333. The van der Waals surface area contributed by atoms with Crippen molar-refractivity contribution < 1.29 is 4.74 Å². The van der Waals surface area contributed by atoms with Crippen LogP contribution in [0.1, 0.15) is 43.8 Å². The Morgan fingerprint density at radius 3 is 2.86 bits per heavy atom. The van der Waals surface area contributed by atoms with Gasteiger partial charge in [-0.3, -0.25) is 4.40 Å². The first-order valence-corrected chi connectivity index (χ1v) is 10.4. The van der Waals surface area contributed by atoms with Crippen molar-refractivity contribution in [2.24, 2.45) is 0 Å². The summed E-state index contributed by atoms with van der Waals surface area (Å²) in [7, 11) is 1.68. The van der Waals surface area contributed by atoms with E-state index in [1.807, 2.05) is 18.3 Å². The Balaban J connectivity index is 1.75. The van der Waals surface area contributed by atoms with Gasteiger partial charge in [-0.05, 0) is 31.0 Å². The summed E-state index contributed by atoms with van der Waals surface area (Å²) >= 11 is 3.64. The Bertz CT molecular complexity index is 1170. The fourth-order valence-electron chi connectivity index (χ4n) is 4.38. The number of fused-ring (bicyclic) bond motifs is 2. The minimum atomic E-state index is 0.461. The van der Waals surface area contributed by atoms with E-state index in [-0.39, 0.29) is 0 Å². The van der Waals surface area contributed by atoms with E-state index in [0.717, 1.165) is 43.9 Å². The smallest absolute Gasteiger partial charge is 0.150 e. The molecule has 3 heterocycles. The molecular weight excluding hydrogens is 418 g/mol. The maximum absolute atomic E-state index is 6.30. The number of hydrogen-bond acceptors (Lipinski definition) is 4. The molecule has 5 rings (SSSR count). The average Bonchev–Trinajstić information content (AvgIpc) is 3.32. The number of benzene rings is 1. The highest BCUT2D eigenvalue weighted by molar-refractivity contribution is 9.10. The number of nitrogens with two attached hydrogens (primary N) is 1. The van der Waals surface area contributed by atoms with E-state index in [0.29, 0.717) is 11.7 Å². The predicted octanol–water partition coefficient (Wildman–Crippen LogP) is 5.28. The molecule has 144 valence electrons. The van der Waals surface area contributed by atoms with Crippen LogP contribution >= 0.6 is 15.9 Å². The van der Waals surface area contributed by atoms with Gasteiger partial charge in [-0.25, -0.2) is 9.97 Å². The molecule has 28 heavy (non-hydrogen) atoms. The van der Waals surface area contributed by atoms with Gasteiger partial charge in [-0.2, -0.15) is 0 Å². The first-order valence-electron chi connectivity index (χ1n) is 9.65. The van der Waals surface area contributed by atoms with E-state index in [1.165, 1.54) is 32.1 Å². The number of methoxy groups -OCH3 is 1. The van der Waals surface area contributed by atoms with E-state index in [4.69, 9.17) is 15.5 Å². The number of nitrogens with one attached hydrogen (secondary N) is 1. The van der Waals surface area contributed by atoms with Gasteiger partial charge < -0.3 is 15.5 Å². The van der Waals surface area contributed by atoms with Gasteiger partial charge >= 0.3 is 0 Å². The van der Waals surface area contributed by atoms with Crippen molar-refractivity contribution in [2.75, 3.05) is 12.8 Å². The molecule has 0 amide bonds. The molecule has 0 unspecified atom stereocenters. The third-order valence-electron chi connectivity index (χ3n) is 5.76. The van der Waals surface area contributed by atoms with Gasteiger partial charge in [0.1, 0.15) is 28.6 Å². The molecule has 1 aliphatic carbocycles. The molecule has 1 aromatic carbocycles. The number of H-pyrrole nitrogens is 1. The summed E-state index contributed by atoms with van der Waals surface area (Å²) in [5, 5.41) is 1.05. The number of aromatic nitrogens is 4. The lowest BCUT2D eigenvalue weighted by atomic mass is 9.89. The van der Waals surface area contributed by atoms with Crippen LogP contribution in [0.5, 0.6) is 5.75 Å². The highest BCUT2D eigenvalue weighted by Gasteiger charge is 2.25.